The van der Waals surface area contributed by atoms with Crippen molar-refractivity contribution in [1.82, 2.24) is 9.78 Å². The van der Waals surface area contributed by atoms with E-state index in [2.05, 4.69) is 15.7 Å². The molecule has 0 aliphatic carbocycles. The van der Waals surface area contributed by atoms with Gasteiger partial charge in [-0.15, -0.1) is 0 Å². The van der Waals surface area contributed by atoms with Crippen molar-refractivity contribution in [3.63, 3.8) is 0 Å². The fourth-order valence-corrected chi connectivity index (χ4v) is 4.23. The first kappa shape index (κ1) is 16.1. The van der Waals surface area contributed by atoms with E-state index < -0.39 is 5.41 Å². The van der Waals surface area contributed by atoms with Crippen LogP contribution in [0.4, 0.5) is 11.5 Å². The number of amides is 2. The van der Waals surface area contributed by atoms with E-state index in [1.807, 2.05) is 43.3 Å². The van der Waals surface area contributed by atoms with E-state index in [9.17, 15) is 9.59 Å². The predicted octanol–water partition coefficient (Wildman–Crippen LogP) is 3.41. The molecule has 27 heavy (non-hydrogen) atoms. The Morgan fingerprint density at radius 1 is 1.11 bits per heavy atom. The Hall–Kier alpha value is -3.12. The van der Waals surface area contributed by atoms with Crippen molar-refractivity contribution in [2.45, 2.75) is 18.8 Å². The smallest absolute Gasteiger partial charge is 0.240 e. The Kier molecular flexibility index (Phi) is 3.24. The average Bonchev–Trinajstić information content (AvgIpc) is 3.16. The molecule has 2 aliphatic rings. The molecule has 2 amide bonds. The van der Waals surface area contributed by atoms with Crippen molar-refractivity contribution in [2.75, 3.05) is 10.6 Å². The first-order valence-corrected chi connectivity index (χ1v) is 8.94. The molecule has 0 saturated heterocycles. The third-order valence-corrected chi connectivity index (χ3v) is 5.58. The Morgan fingerprint density at radius 2 is 1.93 bits per heavy atom. The number of aryl methyl sites for hydroxylation is 1. The number of nitrogens with one attached hydrogen (secondary N) is 2. The number of carbonyl (C=O) groups excluding carboxylic acids is 2. The second kappa shape index (κ2) is 5.44. The van der Waals surface area contributed by atoms with Gasteiger partial charge in [0.1, 0.15) is 11.2 Å². The number of carbonyl (C=O) groups is 2. The second-order valence-electron chi connectivity index (χ2n) is 6.90. The number of fused-ring (bicyclic) bond motifs is 4. The molecule has 0 radical (unpaired) electrons. The van der Waals surface area contributed by atoms with E-state index in [-0.39, 0.29) is 18.2 Å². The molecule has 7 heteroatoms. The molecular formula is C20H15ClN4O2. The highest BCUT2D eigenvalue weighted by Gasteiger charge is 2.54. The minimum Gasteiger partial charge on any atom is -0.325 e. The van der Waals surface area contributed by atoms with E-state index in [0.29, 0.717) is 22.1 Å². The number of halogens is 1. The molecule has 1 spiro atoms. The van der Waals surface area contributed by atoms with Gasteiger partial charge in [-0.25, -0.2) is 4.68 Å². The van der Waals surface area contributed by atoms with Crippen LogP contribution in [0, 0.1) is 6.92 Å². The summed E-state index contributed by atoms with van der Waals surface area (Å²) in [6.45, 7) is 1.97. The number of para-hydroxylation sites is 1. The lowest BCUT2D eigenvalue weighted by Crippen LogP contribution is -2.43. The van der Waals surface area contributed by atoms with Gasteiger partial charge >= 0.3 is 0 Å². The van der Waals surface area contributed by atoms with Crippen LogP contribution < -0.4 is 10.6 Å². The molecule has 134 valence electrons. The highest BCUT2D eigenvalue weighted by atomic mass is 35.5. The fourth-order valence-electron chi connectivity index (χ4n) is 4.01. The van der Waals surface area contributed by atoms with Crippen LogP contribution >= 0.6 is 11.6 Å². The molecule has 3 aromatic rings. The third-order valence-electron chi connectivity index (χ3n) is 5.26. The van der Waals surface area contributed by atoms with Crippen molar-refractivity contribution in [1.29, 1.82) is 0 Å². The van der Waals surface area contributed by atoms with Crippen molar-refractivity contribution in [3.8, 4) is 5.69 Å². The van der Waals surface area contributed by atoms with Gasteiger partial charge in [0.15, 0.2) is 0 Å². The van der Waals surface area contributed by atoms with Gasteiger partial charge < -0.3 is 10.6 Å². The maximum Gasteiger partial charge on any atom is 0.240 e. The van der Waals surface area contributed by atoms with Gasteiger partial charge in [-0.05, 0) is 30.7 Å². The van der Waals surface area contributed by atoms with Gasteiger partial charge in [-0.3, -0.25) is 9.59 Å². The summed E-state index contributed by atoms with van der Waals surface area (Å²) in [5, 5.41) is 10.8. The normalized spacial score (nSPS) is 20.2. The molecule has 0 saturated carbocycles. The summed E-state index contributed by atoms with van der Waals surface area (Å²) < 4.78 is 1.58. The van der Waals surface area contributed by atoms with Crippen LogP contribution in [0.5, 0.6) is 0 Å². The molecule has 0 unspecified atom stereocenters. The highest BCUT2D eigenvalue weighted by molar-refractivity contribution is 6.32. The van der Waals surface area contributed by atoms with Gasteiger partial charge in [0, 0.05) is 17.7 Å². The molecule has 0 fully saturated rings. The summed E-state index contributed by atoms with van der Waals surface area (Å²) in [6.07, 6.45) is 1.69. The van der Waals surface area contributed by atoms with Crippen LogP contribution in [0.3, 0.4) is 0 Å². The molecule has 2 aromatic carbocycles. The monoisotopic (exact) mass is 378 g/mol. The molecule has 5 rings (SSSR count). The number of rotatable bonds is 1. The predicted molar refractivity (Wildman–Crippen MR) is 102 cm³/mol. The Balaban J connectivity index is 1.79. The van der Waals surface area contributed by atoms with Gasteiger partial charge in [0.25, 0.3) is 0 Å². The lowest BCUT2D eigenvalue weighted by molar-refractivity contribution is -0.125. The average molecular weight is 379 g/mol. The van der Waals surface area contributed by atoms with Gasteiger partial charge in [0.2, 0.25) is 11.8 Å². The molecule has 3 heterocycles. The molecule has 6 nitrogen and oxygen atoms in total. The standard InChI is InChI=1S/C20H15ClN4O2/c1-11-6-7-15-12(8-11)20(19(27)23-15)9-17(26)24-18-13(20)10-22-25(18)16-5-3-2-4-14(16)21/h2-8,10H,9H2,1H3,(H,23,27)(H,24,26)/t20-/m0/s1. The molecule has 1 atom stereocenters. The number of anilines is 2. The fraction of sp³-hybridized carbons (Fsp3) is 0.150. The number of aromatic nitrogens is 2. The lowest BCUT2D eigenvalue weighted by atomic mass is 9.71. The Labute approximate surface area is 160 Å². The number of hydrogen-bond donors (Lipinski definition) is 2. The van der Waals surface area contributed by atoms with Crippen LogP contribution in [-0.2, 0) is 15.0 Å². The topological polar surface area (TPSA) is 76.0 Å². The molecule has 2 aliphatic heterocycles. The zero-order chi connectivity index (χ0) is 18.8. The van der Waals surface area contributed by atoms with Crippen LogP contribution in [0.1, 0.15) is 23.1 Å². The summed E-state index contributed by atoms with van der Waals surface area (Å²) in [5.74, 6) is 0.0302. The highest BCUT2D eigenvalue weighted by Crippen LogP contribution is 2.50. The van der Waals surface area contributed by atoms with Gasteiger partial charge in [0.05, 0.1) is 16.9 Å². The van der Waals surface area contributed by atoms with Gasteiger partial charge in [-0.1, -0.05) is 41.4 Å². The summed E-state index contributed by atoms with van der Waals surface area (Å²) in [4.78, 5) is 25.7. The molecule has 1 aromatic heterocycles. The van der Waals surface area contributed by atoms with E-state index in [1.54, 1.807) is 16.9 Å². The van der Waals surface area contributed by atoms with Crippen LogP contribution in [0.15, 0.2) is 48.7 Å². The lowest BCUT2D eigenvalue weighted by Gasteiger charge is -2.31. The third kappa shape index (κ3) is 2.10. The minimum absolute atomic E-state index is 0.0382. The van der Waals surface area contributed by atoms with E-state index in [0.717, 1.165) is 16.8 Å². The zero-order valence-corrected chi connectivity index (χ0v) is 15.2. The maximum atomic E-state index is 13.1. The number of nitrogens with zero attached hydrogens (tertiary/aromatic N) is 2. The van der Waals surface area contributed by atoms with Crippen LogP contribution in [0.25, 0.3) is 5.69 Å². The first-order chi connectivity index (χ1) is 13.0. The van der Waals surface area contributed by atoms with Crippen molar-refractivity contribution >= 4 is 34.9 Å². The minimum atomic E-state index is -1.08. The molecule has 2 N–H and O–H groups in total. The molecular weight excluding hydrogens is 364 g/mol. The number of hydrogen-bond acceptors (Lipinski definition) is 3. The number of benzene rings is 2. The summed E-state index contributed by atoms with van der Waals surface area (Å²) in [5.41, 5.74) is 2.79. The van der Waals surface area contributed by atoms with E-state index >= 15 is 0 Å². The Bertz CT molecular complexity index is 1140. The van der Waals surface area contributed by atoms with Crippen molar-refractivity contribution < 1.29 is 9.59 Å². The summed E-state index contributed by atoms with van der Waals surface area (Å²) in [7, 11) is 0. The summed E-state index contributed by atoms with van der Waals surface area (Å²) >= 11 is 6.32. The largest absolute Gasteiger partial charge is 0.325 e. The van der Waals surface area contributed by atoms with Crippen LogP contribution in [0.2, 0.25) is 5.02 Å². The van der Waals surface area contributed by atoms with E-state index in [4.69, 9.17) is 11.6 Å². The van der Waals surface area contributed by atoms with Crippen LogP contribution in [-0.4, -0.2) is 21.6 Å². The summed E-state index contributed by atoms with van der Waals surface area (Å²) in [6, 6.07) is 13.0. The Morgan fingerprint density at radius 3 is 2.74 bits per heavy atom. The first-order valence-electron chi connectivity index (χ1n) is 8.56. The second-order valence-corrected chi connectivity index (χ2v) is 7.31. The van der Waals surface area contributed by atoms with Gasteiger partial charge in [-0.2, -0.15) is 5.10 Å². The molecule has 0 bridgehead atoms. The zero-order valence-electron chi connectivity index (χ0n) is 14.4. The van der Waals surface area contributed by atoms with Crippen molar-refractivity contribution in [2.24, 2.45) is 0 Å². The SMILES string of the molecule is Cc1ccc2c(c1)[C@]1(CC(=O)Nc3c1cnn3-c1ccccc1Cl)C(=O)N2. The van der Waals surface area contributed by atoms with E-state index in [1.165, 1.54) is 0 Å². The quantitative estimate of drug-likeness (QED) is 0.681. The van der Waals surface area contributed by atoms with Crippen molar-refractivity contribution in [3.05, 3.63) is 70.4 Å². The maximum absolute atomic E-state index is 13.1.